The minimum atomic E-state index is -0.402. The largest absolute Gasteiger partial charge is 0.365 e. The lowest BCUT2D eigenvalue weighted by molar-refractivity contribution is -0.126. The molecule has 1 aliphatic rings. The number of carbonyl (C=O) groups is 1. The minimum Gasteiger partial charge on any atom is -0.365 e. The first-order valence-corrected chi connectivity index (χ1v) is 7.04. The Hall–Kier alpha value is -2.28. The van der Waals surface area contributed by atoms with Crippen LogP contribution in [0, 0.1) is 0 Å². The van der Waals surface area contributed by atoms with E-state index in [0.29, 0.717) is 11.5 Å². The Morgan fingerprint density at radius 3 is 3.14 bits per heavy atom. The number of aromatic nitrogens is 4. The highest BCUT2D eigenvalue weighted by Gasteiger charge is 2.30. The summed E-state index contributed by atoms with van der Waals surface area (Å²) in [6.45, 7) is 2.06. The standard InChI is InChI=1S/C14H17N5O2/c1-2-10-4-5-12(21-10)14(20)18-11-8-15-9-16-13(11)19-7-3-6-17-19/h3,6-10,12H,2,4-5H2,1H3,(H,18,20). The summed E-state index contributed by atoms with van der Waals surface area (Å²) in [7, 11) is 0. The Balaban J connectivity index is 1.75. The van der Waals surface area contributed by atoms with Gasteiger partial charge in [-0.15, -0.1) is 0 Å². The lowest BCUT2D eigenvalue weighted by Gasteiger charge is -2.14. The van der Waals surface area contributed by atoms with Crippen molar-refractivity contribution in [1.29, 1.82) is 0 Å². The van der Waals surface area contributed by atoms with E-state index < -0.39 is 6.10 Å². The molecule has 2 atom stereocenters. The predicted molar refractivity (Wildman–Crippen MR) is 76.0 cm³/mol. The Kier molecular flexibility index (Phi) is 3.92. The van der Waals surface area contributed by atoms with Gasteiger partial charge in [0.05, 0.1) is 12.3 Å². The molecule has 0 saturated carbocycles. The first-order chi connectivity index (χ1) is 10.3. The van der Waals surface area contributed by atoms with E-state index >= 15 is 0 Å². The van der Waals surface area contributed by atoms with Crippen LogP contribution in [0.1, 0.15) is 26.2 Å². The van der Waals surface area contributed by atoms with Crippen molar-refractivity contribution < 1.29 is 9.53 Å². The summed E-state index contributed by atoms with van der Waals surface area (Å²) >= 11 is 0. The van der Waals surface area contributed by atoms with E-state index in [4.69, 9.17) is 4.74 Å². The van der Waals surface area contributed by atoms with E-state index in [1.807, 2.05) is 0 Å². The van der Waals surface area contributed by atoms with Crippen molar-refractivity contribution in [2.75, 3.05) is 5.32 Å². The molecule has 7 heteroatoms. The second-order valence-electron chi connectivity index (χ2n) is 4.93. The molecule has 3 rings (SSSR count). The van der Waals surface area contributed by atoms with Gasteiger partial charge in [-0.3, -0.25) is 4.79 Å². The number of nitrogens with zero attached hydrogens (tertiary/aromatic N) is 4. The van der Waals surface area contributed by atoms with Crippen molar-refractivity contribution in [3.63, 3.8) is 0 Å². The second kappa shape index (κ2) is 6.01. The molecule has 1 fully saturated rings. The van der Waals surface area contributed by atoms with E-state index in [-0.39, 0.29) is 12.0 Å². The molecule has 1 N–H and O–H groups in total. The van der Waals surface area contributed by atoms with Gasteiger partial charge in [-0.05, 0) is 25.3 Å². The Morgan fingerprint density at radius 1 is 1.52 bits per heavy atom. The maximum absolute atomic E-state index is 12.3. The smallest absolute Gasteiger partial charge is 0.253 e. The molecule has 2 unspecified atom stereocenters. The Morgan fingerprint density at radius 2 is 2.43 bits per heavy atom. The number of amides is 1. The van der Waals surface area contributed by atoms with Crippen LogP contribution in [0.3, 0.4) is 0 Å². The number of hydrogen-bond donors (Lipinski definition) is 1. The summed E-state index contributed by atoms with van der Waals surface area (Å²) in [5, 5.41) is 6.96. The van der Waals surface area contributed by atoms with Crippen LogP contribution in [0.5, 0.6) is 0 Å². The third-order valence-corrected chi connectivity index (χ3v) is 3.53. The fourth-order valence-electron chi connectivity index (χ4n) is 2.40. The molecule has 7 nitrogen and oxygen atoms in total. The molecule has 3 heterocycles. The van der Waals surface area contributed by atoms with E-state index in [1.165, 1.54) is 6.33 Å². The van der Waals surface area contributed by atoms with Gasteiger partial charge in [0.1, 0.15) is 18.1 Å². The number of rotatable bonds is 4. The molecule has 0 radical (unpaired) electrons. The molecular formula is C14H17N5O2. The zero-order valence-electron chi connectivity index (χ0n) is 11.8. The summed E-state index contributed by atoms with van der Waals surface area (Å²) in [6.07, 6.45) is 8.77. The Labute approximate surface area is 122 Å². The van der Waals surface area contributed by atoms with Crippen molar-refractivity contribution in [1.82, 2.24) is 19.7 Å². The molecule has 0 aliphatic carbocycles. The van der Waals surface area contributed by atoms with Gasteiger partial charge in [-0.2, -0.15) is 5.10 Å². The summed E-state index contributed by atoms with van der Waals surface area (Å²) in [4.78, 5) is 20.4. The fourth-order valence-corrected chi connectivity index (χ4v) is 2.40. The van der Waals surface area contributed by atoms with Crippen molar-refractivity contribution in [2.24, 2.45) is 0 Å². The summed E-state index contributed by atoms with van der Waals surface area (Å²) in [5.74, 6) is 0.377. The van der Waals surface area contributed by atoms with Gasteiger partial charge in [-0.1, -0.05) is 6.92 Å². The molecule has 0 aromatic carbocycles. The first-order valence-electron chi connectivity index (χ1n) is 7.04. The Bertz CT molecular complexity index is 614. The van der Waals surface area contributed by atoms with Crippen LogP contribution in [0.15, 0.2) is 31.0 Å². The highest BCUT2D eigenvalue weighted by Crippen LogP contribution is 2.24. The predicted octanol–water partition coefficient (Wildman–Crippen LogP) is 1.56. The van der Waals surface area contributed by atoms with Crippen LogP contribution < -0.4 is 5.32 Å². The zero-order valence-corrected chi connectivity index (χ0v) is 11.8. The average molecular weight is 287 g/mol. The highest BCUT2D eigenvalue weighted by molar-refractivity contribution is 5.95. The maximum atomic E-state index is 12.3. The third-order valence-electron chi connectivity index (χ3n) is 3.53. The third kappa shape index (κ3) is 2.92. The second-order valence-corrected chi connectivity index (χ2v) is 4.93. The van der Waals surface area contributed by atoms with Crippen LogP contribution in [-0.2, 0) is 9.53 Å². The van der Waals surface area contributed by atoms with Gasteiger partial charge in [0, 0.05) is 12.4 Å². The monoisotopic (exact) mass is 287 g/mol. The number of hydrogen-bond acceptors (Lipinski definition) is 5. The summed E-state index contributed by atoms with van der Waals surface area (Å²) in [6, 6.07) is 1.79. The van der Waals surface area contributed by atoms with Gasteiger partial charge in [0.2, 0.25) is 0 Å². The van der Waals surface area contributed by atoms with Crippen LogP contribution in [-0.4, -0.2) is 37.9 Å². The van der Waals surface area contributed by atoms with Crippen molar-refractivity contribution >= 4 is 11.6 Å². The van der Waals surface area contributed by atoms with Crippen LogP contribution >= 0.6 is 0 Å². The lowest BCUT2D eigenvalue weighted by Crippen LogP contribution is -2.28. The molecule has 2 aromatic rings. The lowest BCUT2D eigenvalue weighted by atomic mass is 10.1. The summed E-state index contributed by atoms with van der Waals surface area (Å²) < 4.78 is 7.28. The van der Waals surface area contributed by atoms with Crippen molar-refractivity contribution in [2.45, 2.75) is 38.4 Å². The van der Waals surface area contributed by atoms with Gasteiger partial charge in [-0.25, -0.2) is 14.6 Å². The van der Waals surface area contributed by atoms with E-state index in [0.717, 1.165) is 19.3 Å². The van der Waals surface area contributed by atoms with Crippen LogP contribution in [0.25, 0.3) is 5.82 Å². The number of anilines is 1. The number of ether oxygens (including phenoxy) is 1. The molecule has 0 bridgehead atoms. The van der Waals surface area contributed by atoms with E-state index in [1.54, 1.807) is 29.3 Å². The molecule has 110 valence electrons. The zero-order chi connectivity index (χ0) is 14.7. The van der Waals surface area contributed by atoms with Gasteiger partial charge in [0.25, 0.3) is 5.91 Å². The number of nitrogens with one attached hydrogen (secondary N) is 1. The molecule has 0 spiro atoms. The molecule has 1 aliphatic heterocycles. The normalized spacial score (nSPS) is 21.4. The summed E-state index contributed by atoms with van der Waals surface area (Å²) in [5.41, 5.74) is 0.523. The van der Waals surface area contributed by atoms with E-state index in [9.17, 15) is 4.79 Å². The molecule has 1 amide bonds. The van der Waals surface area contributed by atoms with Gasteiger partial charge in [0.15, 0.2) is 5.82 Å². The quantitative estimate of drug-likeness (QED) is 0.922. The van der Waals surface area contributed by atoms with E-state index in [2.05, 4.69) is 27.3 Å². The topological polar surface area (TPSA) is 81.9 Å². The average Bonchev–Trinajstić information content (AvgIpc) is 3.19. The fraction of sp³-hybridized carbons (Fsp3) is 0.429. The van der Waals surface area contributed by atoms with Crippen molar-refractivity contribution in [3.8, 4) is 5.82 Å². The van der Waals surface area contributed by atoms with Crippen LogP contribution in [0.4, 0.5) is 5.69 Å². The molecule has 2 aromatic heterocycles. The van der Waals surface area contributed by atoms with Gasteiger partial charge >= 0.3 is 0 Å². The highest BCUT2D eigenvalue weighted by atomic mass is 16.5. The molecule has 1 saturated heterocycles. The SMILES string of the molecule is CCC1CCC(C(=O)Nc2cncnc2-n2cccn2)O1. The van der Waals surface area contributed by atoms with Crippen molar-refractivity contribution in [3.05, 3.63) is 31.0 Å². The minimum absolute atomic E-state index is 0.158. The molecule has 21 heavy (non-hydrogen) atoms. The first kappa shape index (κ1) is 13.7. The maximum Gasteiger partial charge on any atom is 0.253 e. The number of carbonyl (C=O) groups excluding carboxylic acids is 1. The molecular weight excluding hydrogens is 270 g/mol. The van der Waals surface area contributed by atoms with Gasteiger partial charge < -0.3 is 10.1 Å². The van der Waals surface area contributed by atoms with Crippen LogP contribution in [0.2, 0.25) is 0 Å².